The molecule has 64 valence electrons. The second kappa shape index (κ2) is 4.11. The monoisotopic (exact) mass is 186 g/mol. The molecular weight excluding hydrogens is 179 g/mol. The van der Waals surface area contributed by atoms with Crippen LogP contribution in [-0.2, 0) is 4.74 Å². The minimum atomic E-state index is -0.453. The van der Waals surface area contributed by atoms with Gasteiger partial charge in [0.1, 0.15) is 0 Å². The molecule has 0 N–H and O–H groups in total. The molecule has 0 amide bonds. The molecule has 1 aromatic rings. The van der Waals surface area contributed by atoms with Gasteiger partial charge in [0.15, 0.2) is 0 Å². The molecular formula is C8H7FO2S. The molecule has 0 fully saturated rings. The SMILES string of the molecule is COC(=O)c1cccc(SF)c1. The van der Waals surface area contributed by atoms with Crippen molar-refractivity contribution in [2.24, 2.45) is 0 Å². The first-order chi connectivity index (χ1) is 5.77. The van der Waals surface area contributed by atoms with Crippen LogP contribution in [-0.4, -0.2) is 13.1 Å². The smallest absolute Gasteiger partial charge is 0.337 e. The van der Waals surface area contributed by atoms with Crippen molar-refractivity contribution in [2.45, 2.75) is 4.90 Å². The standard InChI is InChI=1S/C8H7FO2S/c1-11-8(10)6-3-2-4-7(5-6)12-9/h2-5H,1H3. The van der Waals surface area contributed by atoms with E-state index in [1.54, 1.807) is 18.2 Å². The highest BCUT2D eigenvalue weighted by Gasteiger charge is 2.05. The minimum Gasteiger partial charge on any atom is -0.465 e. The Labute approximate surface area is 74.0 Å². The van der Waals surface area contributed by atoms with Crippen molar-refractivity contribution in [3.8, 4) is 0 Å². The van der Waals surface area contributed by atoms with Crippen LogP contribution < -0.4 is 0 Å². The Morgan fingerprint density at radius 2 is 2.33 bits per heavy atom. The zero-order valence-electron chi connectivity index (χ0n) is 6.41. The average molecular weight is 186 g/mol. The van der Waals surface area contributed by atoms with Crippen LogP contribution in [0.1, 0.15) is 10.4 Å². The number of halogens is 1. The van der Waals surface area contributed by atoms with Gasteiger partial charge in [-0.15, -0.1) is 0 Å². The normalized spacial score (nSPS) is 9.50. The van der Waals surface area contributed by atoms with Crippen molar-refractivity contribution >= 4 is 18.1 Å². The van der Waals surface area contributed by atoms with Crippen LogP contribution in [0.3, 0.4) is 0 Å². The summed E-state index contributed by atoms with van der Waals surface area (Å²) in [5, 5.41) is 0. The fourth-order valence-electron chi connectivity index (χ4n) is 0.789. The summed E-state index contributed by atoms with van der Waals surface area (Å²) in [5.41, 5.74) is 0.361. The van der Waals surface area contributed by atoms with Gasteiger partial charge in [0.05, 0.1) is 24.8 Å². The number of carbonyl (C=O) groups is 1. The van der Waals surface area contributed by atoms with Gasteiger partial charge in [-0.2, -0.15) is 3.89 Å². The lowest BCUT2D eigenvalue weighted by atomic mass is 10.2. The van der Waals surface area contributed by atoms with Gasteiger partial charge in [0.2, 0.25) is 0 Å². The number of ether oxygens (including phenoxy) is 1. The van der Waals surface area contributed by atoms with E-state index in [4.69, 9.17) is 0 Å². The third-order valence-corrected chi connectivity index (χ3v) is 1.78. The summed E-state index contributed by atoms with van der Waals surface area (Å²) >= 11 is 0.103. The highest BCUT2D eigenvalue weighted by molar-refractivity contribution is 7.94. The molecule has 0 bridgehead atoms. The Bertz CT molecular complexity index is 288. The Morgan fingerprint density at radius 3 is 2.92 bits per heavy atom. The summed E-state index contributed by atoms with van der Waals surface area (Å²) < 4.78 is 16.5. The third kappa shape index (κ3) is 1.98. The van der Waals surface area contributed by atoms with Crippen molar-refractivity contribution in [3.05, 3.63) is 29.8 Å². The first-order valence-corrected chi connectivity index (χ1v) is 3.96. The Kier molecular flexibility index (Phi) is 3.10. The molecule has 0 atom stereocenters. The summed E-state index contributed by atoms with van der Waals surface area (Å²) in [4.78, 5) is 11.3. The molecule has 2 nitrogen and oxygen atoms in total. The number of rotatable bonds is 2. The third-order valence-electron chi connectivity index (χ3n) is 1.34. The summed E-state index contributed by atoms with van der Waals surface area (Å²) in [6, 6.07) is 6.20. The van der Waals surface area contributed by atoms with Crippen molar-refractivity contribution in [1.29, 1.82) is 0 Å². The van der Waals surface area contributed by atoms with Gasteiger partial charge in [0.25, 0.3) is 0 Å². The molecule has 0 unspecified atom stereocenters. The van der Waals surface area contributed by atoms with Crippen molar-refractivity contribution in [2.75, 3.05) is 7.11 Å². The number of hydrogen-bond donors (Lipinski definition) is 0. The van der Waals surface area contributed by atoms with Gasteiger partial charge >= 0.3 is 5.97 Å². The number of benzene rings is 1. The topological polar surface area (TPSA) is 26.3 Å². The molecule has 12 heavy (non-hydrogen) atoms. The van der Waals surface area contributed by atoms with Crippen molar-refractivity contribution in [3.63, 3.8) is 0 Å². The van der Waals surface area contributed by atoms with E-state index in [9.17, 15) is 8.68 Å². The predicted molar refractivity (Wildman–Crippen MR) is 44.7 cm³/mol. The number of carbonyl (C=O) groups excluding carboxylic acids is 1. The number of methoxy groups -OCH3 is 1. The Hall–Kier alpha value is -1.03. The van der Waals surface area contributed by atoms with Gasteiger partial charge < -0.3 is 4.74 Å². The molecule has 0 radical (unpaired) electrons. The largest absolute Gasteiger partial charge is 0.465 e. The fraction of sp³-hybridized carbons (Fsp3) is 0.125. The predicted octanol–water partition coefficient (Wildman–Crippen LogP) is 2.45. The Morgan fingerprint density at radius 1 is 1.58 bits per heavy atom. The second-order valence-corrected chi connectivity index (χ2v) is 2.72. The summed E-state index contributed by atoms with van der Waals surface area (Å²) in [7, 11) is 1.29. The highest BCUT2D eigenvalue weighted by atomic mass is 32.2. The van der Waals surface area contributed by atoms with Gasteiger partial charge in [-0.3, -0.25) is 0 Å². The van der Waals surface area contributed by atoms with Crippen LogP contribution in [0.4, 0.5) is 3.89 Å². The molecule has 0 saturated heterocycles. The molecule has 1 rings (SSSR count). The molecule has 0 spiro atoms. The maximum atomic E-state index is 12.0. The first kappa shape index (κ1) is 9.06. The molecule has 0 heterocycles. The van der Waals surface area contributed by atoms with Gasteiger partial charge in [-0.05, 0) is 18.2 Å². The van der Waals surface area contributed by atoms with Crippen LogP contribution in [0.25, 0.3) is 0 Å². The van der Waals surface area contributed by atoms with Crippen molar-refractivity contribution in [1.82, 2.24) is 0 Å². The minimum absolute atomic E-state index is 0.103. The van der Waals surface area contributed by atoms with Crippen LogP contribution in [0.15, 0.2) is 29.2 Å². The maximum Gasteiger partial charge on any atom is 0.337 e. The fourth-order valence-corrected chi connectivity index (χ4v) is 1.09. The maximum absolute atomic E-state index is 12.0. The molecule has 1 aromatic carbocycles. The van der Waals surface area contributed by atoms with Crippen molar-refractivity contribution < 1.29 is 13.4 Å². The molecule has 0 aliphatic heterocycles. The zero-order chi connectivity index (χ0) is 8.97. The first-order valence-electron chi connectivity index (χ1n) is 3.25. The van der Waals surface area contributed by atoms with Gasteiger partial charge in [-0.25, -0.2) is 4.79 Å². The summed E-state index contributed by atoms with van der Waals surface area (Å²) in [5.74, 6) is -0.453. The summed E-state index contributed by atoms with van der Waals surface area (Å²) in [6.07, 6.45) is 0. The molecule has 0 aliphatic carbocycles. The molecule has 0 aliphatic rings. The van der Waals surface area contributed by atoms with Gasteiger partial charge in [-0.1, -0.05) is 6.07 Å². The lowest BCUT2D eigenvalue weighted by molar-refractivity contribution is 0.0600. The van der Waals surface area contributed by atoms with E-state index in [-0.39, 0.29) is 12.1 Å². The van der Waals surface area contributed by atoms with Crippen LogP contribution in [0.2, 0.25) is 0 Å². The van der Waals surface area contributed by atoms with Crippen LogP contribution in [0, 0.1) is 0 Å². The lowest BCUT2D eigenvalue weighted by Gasteiger charge is -1.98. The zero-order valence-corrected chi connectivity index (χ0v) is 7.23. The molecule has 4 heteroatoms. The van der Waals surface area contributed by atoms with E-state index in [0.29, 0.717) is 10.5 Å². The number of hydrogen-bond acceptors (Lipinski definition) is 3. The van der Waals surface area contributed by atoms with E-state index in [2.05, 4.69) is 4.74 Å². The lowest BCUT2D eigenvalue weighted by Crippen LogP contribution is -2.00. The quantitative estimate of drug-likeness (QED) is 0.663. The molecule has 0 saturated carbocycles. The average Bonchev–Trinajstić information content (AvgIpc) is 2.17. The van der Waals surface area contributed by atoms with Crippen LogP contribution in [0.5, 0.6) is 0 Å². The highest BCUT2D eigenvalue weighted by Crippen LogP contribution is 2.19. The van der Waals surface area contributed by atoms with E-state index >= 15 is 0 Å². The summed E-state index contributed by atoms with van der Waals surface area (Å²) in [6.45, 7) is 0. The van der Waals surface area contributed by atoms with E-state index < -0.39 is 5.97 Å². The van der Waals surface area contributed by atoms with E-state index in [1.807, 2.05) is 0 Å². The second-order valence-electron chi connectivity index (χ2n) is 2.10. The van der Waals surface area contributed by atoms with Crippen LogP contribution >= 0.6 is 12.1 Å². The molecule has 0 aromatic heterocycles. The number of esters is 1. The van der Waals surface area contributed by atoms with E-state index in [0.717, 1.165) is 0 Å². The van der Waals surface area contributed by atoms with E-state index in [1.165, 1.54) is 13.2 Å². The Balaban J connectivity index is 2.93. The van der Waals surface area contributed by atoms with Gasteiger partial charge in [0, 0.05) is 4.90 Å².